The van der Waals surface area contributed by atoms with Crippen molar-refractivity contribution in [3.8, 4) is 0 Å². The Morgan fingerprint density at radius 1 is 1.35 bits per heavy atom. The average Bonchev–Trinajstić information content (AvgIpc) is 2.95. The van der Waals surface area contributed by atoms with Gasteiger partial charge < -0.3 is 10.2 Å². The van der Waals surface area contributed by atoms with E-state index < -0.39 is 0 Å². The topological polar surface area (TPSA) is 44.7 Å². The maximum Gasteiger partial charge on any atom is 0.211 e. The van der Waals surface area contributed by atoms with E-state index in [1.807, 2.05) is 38.1 Å². The van der Waals surface area contributed by atoms with Crippen molar-refractivity contribution in [2.24, 2.45) is 4.99 Å². The van der Waals surface area contributed by atoms with Crippen molar-refractivity contribution in [1.29, 1.82) is 0 Å². The number of nitrogens with one attached hydrogen (secondary N) is 1. The van der Waals surface area contributed by atoms with E-state index in [4.69, 9.17) is 4.99 Å². The lowest BCUT2D eigenvalue weighted by Gasteiger charge is -2.17. The van der Waals surface area contributed by atoms with E-state index in [9.17, 15) is 4.79 Å². The molecule has 0 saturated carbocycles. The number of likely N-dealkylation sites (tertiary alicyclic amines) is 1. The second kappa shape index (κ2) is 6.89. The Bertz CT molecular complexity index is 529. The van der Waals surface area contributed by atoms with Gasteiger partial charge in [-0.1, -0.05) is 6.08 Å². The van der Waals surface area contributed by atoms with Crippen LogP contribution in [0.25, 0.3) is 0 Å². The molecular formula is C16H21N3O. The molecule has 0 aliphatic carbocycles. The van der Waals surface area contributed by atoms with Crippen molar-refractivity contribution < 1.29 is 4.79 Å². The summed E-state index contributed by atoms with van der Waals surface area (Å²) in [6.45, 7) is 6.17. The number of amides is 1. The van der Waals surface area contributed by atoms with Gasteiger partial charge in [0, 0.05) is 18.8 Å². The van der Waals surface area contributed by atoms with Crippen LogP contribution in [0.15, 0.2) is 35.3 Å². The van der Waals surface area contributed by atoms with Gasteiger partial charge in [-0.3, -0.25) is 4.79 Å². The summed E-state index contributed by atoms with van der Waals surface area (Å²) in [5.41, 5.74) is 2.80. The monoisotopic (exact) mass is 271 g/mol. The average molecular weight is 271 g/mol. The molecule has 0 spiro atoms. The number of rotatable bonds is 4. The minimum Gasteiger partial charge on any atom is -0.357 e. The highest BCUT2D eigenvalue weighted by molar-refractivity contribution is 5.95. The number of benzene rings is 1. The van der Waals surface area contributed by atoms with Gasteiger partial charge in [0.05, 0.1) is 5.69 Å². The number of carbonyl (C=O) groups is 1. The summed E-state index contributed by atoms with van der Waals surface area (Å²) < 4.78 is 0. The van der Waals surface area contributed by atoms with Crippen LogP contribution in [0.4, 0.5) is 11.4 Å². The third kappa shape index (κ3) is 3.47. The van der Waals surface area contributed by atoms with Crippen LogP contribution in [-0.2, 0) is 4.79 Å². The lowest BCUT2D eigenvalue weighted by molar-refractivity contribution is -0.105. The van der Waals surface area contributed by atoms with Crippen LogP contribution in [0.3, 0.4) is 0 Å². The second-order valence-corrected chi connectivity index (χ2v) is 4.93. The van der Waals surface area contributed by atoms with Crippen molar-refractivity contribution in [2.75, 3.05) is 18.4 Å². The maximum absolute atomic E-state index is 10.5. The minimum atomic E-state index is 0.688. The van der Waals surface area contributed by atoms with Crippen LogP contribution < -0.4 is 5.32 Å². The summed E-state index contributed by atoms with van der Waals surface area (Å²) in [7, 11) is 0. The van der Waals surface area contributed by atoms with E-state index in [2.05, 4.69) is 16.3 Å². The number of allylic oxidation sites excluding steroid dienone is 1. The molecule has 20 heavy (non-hydrogen) atoms. The van der Waals surface area contributed by atoms with Gasteiger partial charge in [0.15, 0.2) is 0 Å². The minimum absolute atomic E-state index is 0.688. The Morgan fingerprint density at radius 2 is 2.10 bits per heavy atom. The Morgan fingerprint density at radius 3 is 2.70 bits per heavy atom. The van der Waals surface area contributed by atoms with Crippen LogP contribution in [-0.4, -0.2) is 30.2 Å². The molecule has 1 N–H and O–H groups in total. The lowest BCUT2D eigenvalue weighted by Crippen LogP contribution is -2.25. The third-order valence-corrected chi connectivity index (χ3v) is 3.40. The molecule has 1 aliphatic rings. The highest BCUT2D eigenvalue weighted by Gasteiger charge is 2.14. The first-order chi connectivity index (χ1) is 9.74. The number of nitrogens with zero attached hydrogens (tertiary/aromatic N) is 2. The zero-order chi connectivity index (χ0) is 14.4. The molecule has 106 valence electrons. The molecule has 1 amide bonds. The lowest BCUT2D eigenvalue weighted by atomic mass is 10.2. The highest BCUT2D eigenvalue weighted by atomic mass is 16.1. The third-order valence-electron chi connectivity index (χ3n) is 3.40. The van der Waals surface area contributed by atoms with Crippen molar-refractivity contribution in [2.45, 2.75) is 26.7 Å². The van der Waals surface area contributed by atoms with E-state index in [-0.39, 0.29) is 0 Å². The summed E-state index contributed by atoms with van der Waals surface area (Å²) in [6, 6.07) is 5.75. The van der Waals surface area contributed by atoms with Crippen molar-refractivity contribution in [3.05, 3.63) is 35.9 Å². The number of anilines is 1. The Labute approximate surface area is 120 Å². The number of aryl methyl sites for hydroxylation is 1. The van der Waals surface area contributed by atoms with Gasteiger partial charge in [0.2, 0.25) is 6.41 Å². The fraction of sp³-hybridized carbons (Fsp3) is 0.375. The first-order valence-electron chi connectivity index (χ1n) is 7.02. The van der Waals surface area contributed by atoms with Gasteiger partial charge in [0.25, 0.3) is 0 Å². The largest absolute Gasteiger partial charge is 0.357 e. The van der Waals surface area contributed by atoms with Crippen molar-refractivity contribution in [3.63, 3.8) is 0 Å². The summed E-state index contributed by atoms with van der Waals surface area (Å²) in [5, 5.41) is 2.66. The molecule has 1 heterocycles. The fourth-order valence-corrected chi connectivity index (χ4v) is 2.37. The van der Waals surface area contributed by atoms with Gasteiger partial charge in [-0.15, -0.1) is 0 Å². The molecule has 2 rings (SSSR count). The summed E-state index contributed by atoms with van der Waals surface area (Å²) in [6.07, 6.45) is 7.24. The molecule has 0 atom stereocenters. The first-order valence-corrected chi connectivity index (χ1v) is 7.02. The second-order valence-electron chi connectivity index (χ2n) is 4.93. The van der Waals surface area contributed by atoms with Gasteiger partial charge in [-0.2, -0.15) is 0 Å². The standard InChI is InChI=1S/C16H21N3O/c1-3-6-16(19-9-4-5-10-19)18-15-8-7-14(17-12-20)11-13(15)2/h3,6-8,11-12H,4-5,9-10H2,1-2H3,(H,17,20)/b6-3-,18-16?. The molecule has 0 unspecified atom stereocenters. The van der Waals surface area contributed by atoms with E-state index in [1.54, 1.807) is 0 Å². The normalized spacial score (nSPS) is 15.9. The maximum atomic E-state index is 10.5. The molecule has 4 nitrogen and oxygen atoms in total. The number of hydrogen-bond acceptors (Lipinski definition) is 2. The number of amidine groups is 1. The van der Waals surface area contributed by atoms with Gasteiger partial charge in [0.1, 0.15) is 5.84 Å². The van der Waals surface area contributed by atoms with Crippen LogP contribution in [0.2, 0.25) is 0 Å². The molecule has 0 bridgehead atoms. The van der Waals surface area contributed by atoms with E-state index in [0.29, 0.717) is 6.41 Å². The molecule has 1 saturated heterocycles. The number of hydrogen-bond donors (Lipinski definition) is 1. The van der Waals surface area contributed by atoms with Gasteiger partial charge >= 0.3 is 0 Å². The molecule has 0 radical (unpaired) electrons. The van der Waals surface area contributed by atoms with E-state index in [0.717, 1.165) is 35.9 Å². The fourth-order valence-electron chi connectivity index (χ4n) is 2.37. The quantitative estimate of drug-likeness (QED) is 0.519. The van der Waals surface area contributed by atoms with Crippen molar-refractivity contribution in [1.82, 2.24) is 4.90 Å². The molecule has 1 aromatic carbocycles. The Balaban J connectivity index is 2.28. The zero-order valence-corrected chi connectivity index (χ0v) is 12.1. The summed E-state index contributed by atoms with van der Waals surface area (Å²) in [4.78, 5) is 17.5. The molecule has 1 aliphatic heterocycles. The van der Waals surface area contributed by atoms with Crippen LogP contribution >= 0.6 is 0 Å². The molecule has 0 aromatic heterocycles. The molecule has 1 fully saturated rings. The smallest absolute Gasteiger partial charge is 0.211 e. The van der Waals surface area contributed by atoms with E-state index >= 15 is 0 Å². The summed E-state index contributed by atoms with van der Waals surface area (Å²) >= 11 is 0. The van der Waals surface area contributed by atoms with Gasteiger partial charge in [-0.25, -0.2) is 4.99 Å². The zero-order valence-electron chi connectivity index (χ0n) is 12.1. The predicted molar refractivity (Wildman–Crippen MR) is 83.6 cm³/mol. The first kappa shape index (κ1) is 14.3. The van der Waals surface area contributed by atoms with Crippen LogP contribution in [0, 0.1) is 6.92 Å². The number of aliphatic imine (C=N–C) groups is 1. The van der Waals surface area contributed by atoms with Crippen molar-refractivity contribution >= 4 is 23.6 Å². The number of carbonyl (C=O) groups excluding carboxylic acids is 1. The van der Waals surface area contributed by atoms with Crippen LogP contribution in [0.1, 0.15) is 25.3 Å². The Hall–Kier alpha value is -2.10. The van der Waals surface area contributed by atoms with Gasteiger partial charge in [-0.05, 0) is 56.5 Å². The highest BCUT2D eigenvalue weighted by Crippen LogP contribution is 2.23. The molecular weight excluding hydrogens is 250 g/mol. The Kier molecular flexibility index (Phi) is 4.93. The predicted octanol–water partition coefficient (Wildman–Crippen LogP) is 3.27. The molecule has 4 heteroatoms. The molecule has 1 aromatic rings. The SMILES string of the molecule is C/C=C\C(=Nc1ccc(NC=O)cc1C)N1CCCC1. The van der Waals surface area contributed by atoms with Crippen LogP contribution in [0.5, 0.6) is 0 Å². The van der Waals surface area contributed by atoms with E-state index in [1.165, 1.54) is 12.8 Å². The summed E-state index contributed by atoms with van der Waals surface area (Å²) in [5.74, 6) is 1.02.